The van der Waals surface area contributed by atoms with Crippen molar-refractivity contribution in [2.45, 2.75) is 39.5 Å². The molecule has 2 aliphatic heterocycles. The van der Waals surface area contributed by atoms with Crippen LogP contribution in [0.1, 0.15) is 25.1 Å². The van der Waals surface area contributed by atoms with E-state index in [-0.39, 0.29) is 17.9 Å². The number of amides is 1. The number of carbonyl (C=O) groups is 1. The lowest BCUT2D eigenvalue weighted by atomic mass is 9.99. The molecule has 1 atom stereocenters. The number of nitrogens with one attached hydrogen (secondary N) is 2. The summed E-state index contributed by atoms with van der Waals surface area (Å²) >= 11 is 0. The molecule has 1 amide bonds. The molecular formula is C24H32F3N7O. The van der Waals surface area contributed by atoms with Crippen LogP contribution < -0.4 is 20.4 Å². The lowest BCUT2D eigenvalue weighted by Crippen LogP contribution is -2.49. The summed E-state index contributed by atoms with van der Waals surface area (Å²) in [5, 5.41) is 6.21. The zero-order valence-electron chi connectivity index (χ0n) is 20.5. The molecule has 4 rings (SSSR count). The van der Waals surface area contributed by atoms with E-state index in [9.17, 15) is 18.0 Å². The molecule has 0 radical (unpaired) electrons. The number of halogens is 3. The van der Waals surface area contributed by atoms with Crippen molar-refractivity contribution in [3.05, 3.63) is 35.5 Å². The molecular weight excluding hydrogens is 459 g/mol. The zero-order valence-corrected chi connectivity index (χ0v) is 20.5. The van der Waals surface area contributed by atoms with Gasteiger partial charge in [0.15, 0.2) is 5.82 Å². The molecule has 0 aliphatic carbocycles. The van der Waals surface area contributed by atoms with Gasteiger partial charge in [0.2, 0.25) is 11.9 Å². The summed E-state index contributed by atoms with van der Waals surface area (Å²) in [6.45, 7) is 7.44. The second kappa shape index (κ2) is 9.88. The first-order valence-corrected chi connectivity index (χ1v) is 11.8. The van der Waals surface area contributed by atoms with E-state index in [4.69, 9.17) is 0 Å². The van der Waals surface area contributed by atoms with Crippen molar-refractivity contribution in [2.24, 2.45) is 5.92 Å². The summed E-state index contributed by atoms with van der Waals surface area (Å²) in [6.07, 6.45) is -4.16. The smallest absolute Gasteiger partial charge is 0.369 e. The highest BCUT2D eigenvalue weighted by Gasteiger charge is 2.35. The molecule has 35 heavy (non-hydrogen) atoms. The maximum atomic E-state index is 12.6. The molecule has 0 bridgehead atoms. The fourth-order valence-electron chi connectivity index (χ4n) is 4.72. The molecule has 190 valence electrons. The van der Waals surface area contributed by atoms with E-state index >= 15 is 0 Å². The van der Waals surface area contributed by atoms with Crippen molar-refractivity contribution in [1.82, 2.24) is 14.9 Å². The van der Waals surface area contributed by atoms with Gasteiger partial charge in [-0.15, -0.1) is 0 Å². The minimum absolute atomic E-state index is 0.0516. The Kier molecular flexibility index (Phi) is 7.07. The highest BCUT2D eigenvalue weighted by molar-refractivity contribution is 6.03. The van der Waals surface area contributed by atoms with Crippen molar-refractivity contribution in [3.8, 4) is 0 Å². The number of anilines is 4. The number of piperazine rings is 1. The first-order chi connectivity index (χ1) is 16.5. The van der Waals surface area contributed by atoms with Crippen LogP contribution in [0.4, 0.5) is 36.3 Å². The van der Waals surface area contributed by atoms with Crippen molar-refractivity contribution < 1.29 is 18.0 Å². The minimum atomic E-state index is -4.16. The third-order valence-electron chi connectivity index (χ3n) is 6.50. The van der Waals surface area contributed by atoms with E-state index in [0.29, 0.717) is 55.9 Å². The van der Waals surface area contributed by atoms with Crippen LogP contribution in [-0.4, -0.2) is 72.8 Å². The van der Waals surface area contributed by atoms with E-state index in [1.807, 2.05) is 57.0 Å². The molecule has 0 spiro atoms. The largest absolute Gasteiger partial charge is 0.401 e. The molecule has 1 aromatic heterocycles. The number of rotatable bonds is 6. The van der Waals surface area contributed by atoms with Crippen LogP contribution in [-0.2, 0) is 11.3 Å². The molecule has 1 unspecified atom stereocenters. The number of hydrogen-bond donors (Lipinski definition) is 2. The second-order valence-corrected chi connectivity index (χ2v) is 9.52. The summed E-state index contributed by atoms with van der Waals surface area (Å²) < 4.78 is 37.8. The Morgan fingerprint density at radius 1 is 1.11 bits per heavy atom. The normalized spacial score (nSPS) is 19.1. The van der Waals surface area contributed by atoms with Gasteiger partial charge in [-0.1, -0.05) is 26.0 Å². The van der Waals surface area contributed by atoms with E-state index in [1.165, 1.54) is 4.90 Å². The van der Waals surface area contributed by atoms with Gasteiger partial charge in [-0.25, -0.2) is 4.98 Å². The summed E-state index contributed by atoms with van der Waals surface area (Å²) in [7, 11) is 1.88. The molecule has 2 N–H and O–H groups in total. The van der Waals surface area contributed by atoms with Gasteiger partial charge in [0.1, 0.15) is 11.7 Å². The summed E-state index contributed by atoms with van der Waals surface area (Å²) in [5.74, 6) is 1.25. The van der Waals surface area contributed by atoms with E-state index in [1.54, 1.807) is 0 Å². The van der Waals surface area contributed by atoms with E-state index in [0.717, 1.165) is 11.3 Å². The average Bonchev–Trinajstić information content (AvgIpc) is 2.78. The predicted molar refractivity (Wildman–Crippen MR) is 131 cm³/mol. The third kappa shape index (κ3) is 5.77. The minimum Gasteiger partial charge on any atom is -0.369 e. The number of aromatic nitrogens is 2. The summed E-state index contributed by atoms with van der Waals surface area (Å²) in [5.41, 5.74) is 3.36. The number of hydrogen-bond acceptors (Lipinski definition) is 7. The Hall–Kier alpha value is -3.08. The topological polar surface area (TPSA) is 76.6 Å². The maximum Gasteiger partial charge on any atom is 0.401 e. The Bertz CT molecular complexity index is 1050. The number of alkyl halides is 3. The van der Waals surface area contributed by atoms with Gasteiger partial charge < -0.3 is 20.4 Å². The van der Waals surface area contributed by atoms with Gasteiger partial charge in [0.25, 0.3) is 0 Å². The van der Waals surface area contributed by atoms with Crippen molar-refractivity contribution in [1.29, 1.82) is 0 Å². The van der Waals surface area contributed by atoms with Gasteiger partial charge in [0, 0.05) is 45.5 Å². The molecule has 11 heteroatoms. The molecule has 0 saturated carbocycles. The van der Waals surface area contributed by atoms with Gasteiger partial charge in [-0.05, 0) is 30.5 Å². The molecule has 8 nitrogen and oxygen atoms in total. The van der Waals surface area contributed by atoms with Gasteiger partial charge in [-0.3, -0.25) is 9.69 Å². The van der Waals surface area contributed by atoms with E-state index in [2.05, 4.69) is 25.5 Å². The fraction of sp³-hybridized carbons (Fsp3) is 0.542. The van der Waals surface area contributed by atoms with Crippen LogP contribution in [0.15, 0.2) is 24.3 Å². The molecule has 2 aromatic rings. The fourth-order valence-corrected chi connectivity index (χ4v) is 4.72. The molecule has 3 heterocycles. The van der Waals surface area contributed by atoms with Gasteiger partial charge in [-0.2, -0.15) is 18.2 Å². The van der Waals surface area contributed by atoms with Crippen LogP contribution >= 0.6 is 0 Å². The van der Waals surface area contributed by atoms with Crippen LogP contribution in [0.2, 0.25) is 0 Å². The highest BCUT2D eigenvalue weighted by atomic mass is 19.4. The van der Waals surface area contributed by atoms with Crippen molar-refractivity contribution in [2.75, 3.05) is 60.2 Å². The molecule has 1 saturated heterocycles. The first-order valence-electron chi connectivity index (χ1n) is 11.8. The highest BCUT2D eigenvalue weighted by Crippen LogP contribution is 2.34. The summed E-state index contributed by atoms with van der Waals surface area (Å²) in [6, 6.07) is 7.68. The van der Waals surface area contributed by atoms with Crippen LogP contribution in [0.5, 0.6) is 0 Å². The number of nitrogens with zero attached hydrogens (tertiary/aromatic N) is 5. The van der Waals surface area contributed by atoms with Gasteiger partial charge in [0.05, 0.1) is 12.2 Å². The van der Waals surface area contributed by atoms with Crippen molar-refractivity contribution in [3.63, 3.8) is 0 Å². The lowest BCUT2D eigenvalue weighted by molar-refractivity contribution is -0.146. The lowest BCUT2D eigenvalue weighted by Gasteiger charge is -2.36. The van der Waals surface area contributed by atoms with Crippen LogP contribution in [0.25, 0.3) is 0 Å². The standard InChI is InChI=1S/C24H32F3N7O/c1-15(2)20-22(35)30-19-16(3)29-23(31-21(19)32(20)4)28-13-17-5-7-18(8-6-17)34-11-9-33(10-12-34)14-24(25,26)27/h5-8,15,20H,9-14H2,1-4H3,(H,30,35)(H,28,29,31). The monoisotopic (exact) mass is 491 g/mol. The molecule has 1 aromatic carbocycles. The second-order valence-electron chi connectivity index (χ2n) is 9.52. The van der Waals surface area contributed by atoms with E-state index < -0.39 is 12.7 Å². The summed E-state index contributed by atoms with van der Waals surface area (Å²) in [4.78, 5) is 27.1. The van der Waals surface area contributed by atoms with Crippen molar-refractivity contribution >= 4 is 29.0 Å². The Labute approximate surface area is 203 Å². The number of likely N-dealkylation sites (N-methyl/N-ethyl adjacent to an activating group) is 1. The number of benzene rings is 1. The average molecular weight is 492 g/mol. The van der Waals surface area contributed by atoms with Crippen LogP contribution in [0, 0.1) is 12.8 Å². The Morgan fingerprint density at radius 2 is 1.77 bits per heavy atom. The zero-order chi connectivity index (χ0) is 25.3. The number of fused-ring (bicyclic) bond motifs is 1. The maximum absolute atomic E-state index is 12.6. The molecule has 1 fully saturated rings. The quantitative estimate of drug-likeness (QED) is 0.641. The predicted octanol–water partition coefficient (Wildman–Crippen LogP) is 3.49. The SMILES string of the molecule is Cc1nc(NCc2ccc(N3CCN(CC(F)(F)F)CC3)cc2)nc2c1NC(=O)C(C(C)C)N2C. The van der Waals surface area contributed by atoms with Crippen LogP contribution in [0.3, 0.4) is 0 Å². The Balaban J connectivity index is 1.37. The number of aryl methyl sites for hydroxylation is 1. The first kappa shape index (κ1) is 25.0. The Morgan fingerprint density at radius 3 is 2.37 bits per heavy atom. The van der Waals surface area contributed by atoms with Gasteiger partial charge >= 0.3 is 6.18 Å². The number of carbonyl (C=O) groups excluding carboxylic acids is 1. The molecule has 2 aliphatic rings. The third-order valence-corrected chi connectivity index (χ3v) is 6.50.